The predicted octanol–water partition coefficient (Wildman–Crippen LogP) is 3.24. The number of nitrogens with two attached hydrogens (primary N) is 1. The van der Waals surface area contributed by atoms with Crippen molar-refractivity contribution in [1.29, 1.82) is 0 Å². The van der Waals surface area contributed by atoms with E-state index in [1.54, 1.807) is 13.8 Å². The van der Waals surface area contributed by atoms with Crippen LogP contribution in [-0.2, 0) is 34.8 Å². The number of pyridine rings is 1. The van der Waals surface area contributed by atoms with E-state index in [0.29, 0.717) is 10.8 Å². The van der Waals surface area contributed by atoms with Crippen LogP contribution in [0.15, 0.2) is 14.9 Å². The van der Waals surface area contributed by atoms with Crippen molar-refractivity contribution in [2.45, 2.75) is 68.7 Å². The fourth-order valence-corrected chi connectivity index (χ4v) is 6.00. The lowest BCUT2D eigenvalue weighted by Gasteiger charge is -2.15. The molecule has 29 heavy (non-hydrogen) atoms. The summed E-state index contributed by atoms with van der Waals surface area (Å²) < 4.78 is 16.6. The Hall–Kier alpha value is -1.88. The molecule has 0 saturated heterocycles. The number of urea groups is 1. The molecule has 1 unspecified atom stereocenters. The van der Waals surface area contributed by atoms with Crippen LogP contribution in [0.4, 0.5) is 10.5 Å². The number of amides is 2. The molecule has 2 aromatic rings. The van der Waals surface area contributed by atoms with Crippen LogP contribution in [0.3, 0.4) is 0 Å². The maximum Gasteiger partial charge on any atom is 0.354 e. The lowest BCUT2D eigenvalue weighted by molar-refractivity contribution is 0.0823. The van der Waals surface area contributed by atoms with E-state index in [0.717, 1.165) is 71.6 Å². The average Bonchev–Trinajstić information content (AvgIpc) is 3.33. The normalized spacial score (nSPS) is 20.1. The lowest BCUT2D eigenvalue weighted by Crippen LogP contribution is -2.19. The van der Waals surface area contributed by atoms with Gasteiger partial charge in [0.25, 0.3) is 0 Å². The number of rotatable bonds is 3. The van der Waals surface area contributed by atoms with Crippen LogP contribution in [0.5, 0.6) is 0 Å². The van der Waals surface area contributed by atoms with Crippen molar-refractivity contribution in [1.82, 2.24) is 9.97 Å². The van der Waals surface area contributed by atoms with Crippen molar-refractivity contribution in [3.05, 3.63) is 33.6 Å². The average molecular weight is 436 g/mol. The van der Waals surface area contributed by atoms with E-state index in [1.807, 2.05) is 0 Å². The zero-order valence-corrected chi connectivity index (χ0v) is 18.3. The molecule has 0 spiro atoms. The van der Waals surface area contributed by atoms with E-state index in [4.69, 9.17) is 10.1 Å². The quantitative estimate of drug-likeness (QED) is 0.681. The number of aromatic nitrogens is 2. The monoisotopic (exact) mass is 435 g/mol. The Balaban J connectivity index is 1.66. The summed E-state index contributed by atoms with van der Waals surface area (Å²) in [6.45, 7) is 5.33. The first-order chi connectivity index (χ1) is 13.6. The largest absolute Gasteiger partial charge is 0.385 e. The smallest absolute Gasteiger partial charge is 0.354 e. The van der Waals surface area contributed by atoms with E-state index in [-0.39, 0.29) is 4.34 Å². The molecular weight excluding hydrogens is 410 g/mol. The zero-order valence-electron chi connectivity index (χ0n) is 16.7. The second kappa shape index (κ2) is 7.12. The highest BCUT2D eigenvalue weighted by atomic mass is 32.2. The highest BCUT2D eigenvalue weighted by Gasteiger charge is 2.30. The lowest BCUT2D eigenvalue weighted by atomic mass is 10.0. The molecule has 0 bridgehead atoms. The Bertz CT molecular complexity index is 1110. The summed E-state index contributed by atoms with van der Waals surface area (Å²) in [5.41, 5.74) is 3.84. The van der Waals surface area contributed by atoms with Crippen molar-refractivity contribution in [3.8, 4) is 0 Å². The van der Waals surface area contributed by atoms with Crippen molar-refractivity contribution in [2.75, 3.05) is 5.32 Å². The Kier molecular flexibility index (Phi) is 5.01. The van der Waals surface area contributed by atoms with Gasteiger partial charge in [-0.05, 0) is 63.0 Å². The molecule has 2 aliphatic carbocycles. The van der Waals surface area contributed by atoms with Crippen LogP contribution in [-0.4, -0.2) is 25.3 Å². The number of anilines is 1. The van der Waals surface area contributed by atoms with Gasteiger partial charge in [-0.3, -0.25) is 4.98 Å². The van der Waals surface area contributed by atoms with Crippen molar-refractivity contribution in [3.63, 3.8) is 0 Å². The molecular formula is C19H25N5O3S2. The van der Waals surface area contributed by atoms with Crippen LogP contribution in [0.2, 0.25) is 0 Å². The van der Waals surface area contributed by atoms with E-state index < -0.39 is 21.5 Å². The molecule has 4 N–H and O–H groups in total. The number of nitrogens with zero attached hydrogens (tertiary/aromatic N) is 3. The number of fused-ring (bicyclic) bond motifs is 2. The highest BCUT2D eigenvalue weighted by Crippen LogP contribution is 2.41. The van der Waals surface area contributed by atoms with E-state index >= 15 is 0 Å². The first-order valence-corrected chi connectivity index (χ1v) is 12.0. The number of hydrogen-bond donors (Lipinski definition) is 3. The SMILES string of the molecule is CC1CCc2c1nc1c(c2NC(=O)N=[S@@](N)(=O)c2ncc(C(C)(C)O)s2)CCC1. The first kappa shape index (κ1) is 20.4. The molecule has 2 aromatic heterocycles. The molecule has 2 atom stereocenters. The van der Waals surface area contributed by atoms with Gasteiger partial charge in [-0.15, -0.1) is 15.7 Å². The molecule has 0 fully saturated rings. The Labute approximate surface area is 174 Å². The van der Waals surface area contributed by atoms with Gasteiger partial charge in [-0.2, -0.15) is 0 Å². The Morgan fingerprint density at radius 3 is 2.83 bits per heavy atom. The van der Waals surface area contributed by atoms with Gasteiger partial charge in [0.15, 0.2) is 9.92 Å². The van der Waals surface area contributed by atoms with Crippen LogP contribution >= 0.6 is 11.3 Å². The van der Waals surface area contributed by atoms with E-state index in [2.05, 4.69) is 21.6 Å². The maximum atomic E-state index is 12.9. The number of carbonyl (C=O) groups excluding carboxylic acids is 1. The number of carbonyl (C=O) groups is 1. The molecule has 0 aliphatic heterocycles. The molecule has 2 heterocycles. The van der Waals surface area contributed by atoms with Crippen LogP contribution in [0, 0.1) is 0 Å². The second-order valence-electron chi connectivity index (χ2n) is 8.21. The molecule has 2 aliphatic rings. The maximum absolute atomic E-state index is 12.9. The van der Waals surface area contributed by atoms with Gasteiger partial charge in [0, 0.05) is 17.6 Å². The standard InChI is InChI=1S/C19H25N5O3S2/c1-10-7-8-12-15(10)22-13-6-4-5-11(13)16(12)23-17(25)24-29(20,27)18-21-9-14(28-18)19(2,3)26/h9-10,26H,4-8H2,1-3H3,(H3,20,22,23,24,25,27)/t10?,29-/m1/s1. The fourth-order valence-electron chi connectivity index (χ4n) is 3.92. The number of nitrogens with one attached hydrogen (secondary N) is 1. The van der Waals surface area contributed by atoms with E-state index in [9.17, 15) is 14.1 Å². The van der Waals surface area contributed by atoms with Gasteiger partial charge >= 0.3 is 6.03 Å². The van der Waals surface area contributed by atoms with Crippen LogP contribution < -0.4 is 10.5 Å². The summed E-state index contributed by atoms with van der Waals surface area (Å²) in [6.07, 6.45) is 6.03. The summed E-state index contributed by atoms with van der Waals surface area (Å²) in [6, 6.07) is -0.750. The third-order valence-corrected chi connectivity index (χ3v) is 8.55. The predicted molar refractivity (Wildman–Crippen MR) is 112 cm³/mol. The van der Waals surface area contributed by atoms with Gasteiger partial charge in [0.05, 0.1) is 16.2 Å². The van der Waals surface area contributed by atoms with Crippen molar-refractivity contribution >= 4 is 33.0 Å². The van der Waals surface area contributed by atoms with Crippen LogP contribution in [0.25, 0.3) is 0 Å². The second-order valence-corrected chi connectivity index (χ2v) is 11.2. The first-order valence-electron chi connectivity index (χ1n) is 9.65. The van der Waals surface area contributed by atoms with Crippen molar-refractivity contribution < 1.29 is 14.1 Å². The molecule has 8 nitrogen and oxygen atoms in total. The number of hydrogen-bond acceptors (Lipinski definition) is 6. The van der Waals surface area contributed by atoms with Crippen LogP contribution in [0.1, 0.15) is 66.9 Å². The molecule has 4 rings (SSSR count). The number of aryl methyl sites for hydroxylation is 1. The topological polar surface area (TPSA) is 131 Å². The summed E-state index contributed by atoms with van der Waals surface area (Å²) in [7, 11) is -3.51. The number of thiazole rings is 1. The zero-order chi connectivity index (χ0) is 21.0. The molecule has 0 saturated carbocycles. The van der Waals surface area contributed by atoms with Gasteiger partial charge in [-0.25, -0.2) is 19.1 Å². The third kappa shape index (κ3) is 3.81. The molecule has 2 amide bonds. The summed E-state index contributed by atoms with van der Waals surface area (Å²) in [4.78, 5) is 22.0. The fraction of sp³-hybridized carbons (Fsp3) is 0.526. The van der Waals surface area contributed by atoms with Gasteiger partial charge in [0.2, 0.25) is 4.34 Å². The molecule has 156 valence electrons. The van der Waals surface area contributed by atoms with Gasteiger partial charge in [0.1, 0.15) is 0 Å². The molecule has 0 aromatic carbocycles. The highest BCUT2D eigenvalue weighted by molar-refractivity contribution is 7.93. The van der Waals surface area contributed by atoms with Gasteiger partial charge < -0.3 is 10.4 Å². The number of aliphatic hydroxyl groups is 1. The summed E-state index contributed by atoms with van der Waals surface area (Å²) in [5, 5.41) is 18.8. The third-order valence-electron chi connectivity index (χ3n) is 5.44. The Morgan fingerprint density at radius 2 is 2.14 bits per heavy atom. The van der Waals surface area contributed by atoms with Crippen molar-refractivity contribution in [2.24, 2.45) is 9.50 Å². The summed E-state index contributed by atoms with van der Waals surface area (Å²) >= 11 is 0.990. The van der Waals surface area contributed by atoms with E-state index in [1.165, 1.54) is 6.20 Å². The molecule has 0 radical (unpaired) electrons. The minimum Gasteiger partial charge on any atom is -0.385 e. The minimum atomic E-state index is -3.51. The molecule has 10 heteroatoms. The minimum absolute atomic E-state index is 0.0172. The Morgan fingerprint density at radius 1 is 1.38 bits per heavy atom. The van der Waals surface area contributed by atoms with Gasteiger partial charge in [-0.1, -0.05) is 6.92 Å². The summed E-state index contributed by atoms with van der Waals surface area (Å²) in [5.74, 6) is 0.359.